The third kappa shape index (κ3) is 4.52. The molecular formula is C15H31N3. The van der Waals surface area contributed by atoms with Gasteiger partial charge in [0.05, 0.1) is 0 Å². The number of hydrogen-bond donors (Lipinski definition) is 1. The van der Waals surface area contributed by atoms with E-state index in [0.717, 1.165) is 6.04 Å². The molecule has 2 rings (SSSR count). The van der Waals surface area contributed by atoms with Gasteiger partial charge in [-0.05, 0) is 84.8 Å². The van der Waals surface area contributed by atoms with Gasteiger partial charge in [0.2, 0.25) is 0 Å². The van der Waals surface area contributed by atoms with E-state index in [9.17, 15) is 0 Å². The molecule has 18 heavy (non-hydrogen) atoms. The van der Waals surface area contributed by atoms with Crippen LogP contribution in [0.3, 0.4) is 0 Å². The van der Waals surface area contributed by atoms with Crippen LogP contribution in [-0.4, -0.2) is 62.2 Å². The van der Waals surface area contributed by atoms with Gasteiger partial charge in [0.15, 0.2) is 0 Å². The van der Waals surface area contributed by atoms with Crippen molar-refractivity contribution in [2.75, 3.05) is 46.3 Å². The zero-order valence-electron chi connectivity index (χ0n) is 12.2. The number of nitrogens with zero attached hydrogens (tertiary/aromatic N) is 2. The van der Waals surface area contributed by atoms with Crippen molar-refractivity contribution in [3.8, 4) is 0 Å². The molecule has 2 saturated heterocycles. The van der Waals surface area contributed by atoms with Gasteiger partial charge in [-0.2, -0.15) is 0 Å². The molecule has 0 amide bonds. The van der Waals surface area contributed by atoms with Gasteiger partial charge in [0.1, 0.15) is 0 Å². The van der Waals surface area contributed by atoms with E-state index in [1.807, 2.05) is 7.05 Å². The average Bonchev–Trinajstić information content (AvgIpc) is 2.45. The van der Waals surface area contributed by atoms with Crippen LogP contribution in [0.25, 0.3) is 0 Å². The Bertz CT molecular complexity index is 206. The third-order valence-electron chi connectivity index (χ3n) is 4.62. The Morgan fingerprint density at radius 2 is 1.67 bits per heavy atom. The second-order valence-corrected chi connectivity index (χ2v) is 5.98. The SMILES string of the molecule is CNCCCCN1CCC(N2CCCCC2)CC1. The molecule has 0 radical (unpaired) electrons. The van der Waals surface area contributed by atoms with Gasteiger partial charge in [-0.1, -0.05) is 6.42 Å². The van der Waals surface area contributed by atoms with Crippen LogP contribution in [0.4, 0.5) is 0 Å². The van der Waals surface area contributed by atoms with E-state index in [4.69, 9.17) is 0 Å². The first-order valence-electron chi connectivity index (χ1n) is 8.01. The topological polar surface area (TPSA) is 18.5 Å². The predicted octanol–water partition coefficient (Wildman–Crippen LogP) is 1.94. The standard InChI is InChI=1S/C15H31N3/c1-16-9-3-6-10-17-13-7-15(8-14-17)18-11-4-2-5-12-18/h15-16H,2-14H2,1H3. The summed E-state index contributed by atoms with van der Waals surface area (Å²) in [5.74, 6) is 0. The van der Waals surface area contributed by atoms with Crippen molar-refractivity contribution in [3.05, 3.63) is 0 Å². The van der Waals surface area contributed by atoms with Crippen LogP contribution < -0.4 is 5.32 Å². The van der Waals surface area contributed by atoms with Gasteiger partial charge in [-0.25, -0.2) is 0 Å². The highest BCUT2D eigenvalue weighted by Gasteiger charge is 2.24. The highest BCUT2D eigenvalue weighted by Crippen LogP contribution is 2.20. The van der Waals surface area contributed by atoms with Crippen molar-refractivity contribution in [3.63, 3.8) is 0 Å². The highest BCUT2D eigenvalue weighted by atomic mass is 15.2. The number of likely N-dealkylation sites (tertiary alicyclic amines) is 2. The number of unbranched alkanes of at least 4 members (excludes halogenated alkanes) is 1. The summed E-state index contributed by atoms with van der Waals surface area (Å²) >= 11 is 0. The Morgan fingerprint density at radius 1 is 0.944 bits per heavy atom. The summed E-state index contributed by atoms with van der Waals surface area (Å²) in [6.07, 6.45) is 9.82. The summed E-state index contributed by atoms with van der Waals surface area (Å²) in [7, 11) is 2.05. The van der Waals surface area contributed by atoms with E-state index in [0.29, 0.717) is 0 Å². The van der Waals surface area contributed by atoms with Gasteiger partial charge >= 0.3 is 0 Å². The first-order chi connectivity index (χ1) is 8.90. The van der Waals surface area contributed by atoms with Crippen molar-refractivity contribution in [1.29, 1.82) is 0 Å². The van der Waals surface area contributed by atoms with E-state index < -0.39 is 0 Å². The number of piperidine rings is 2. The molecule has 0 spiro atoms. The maximum atomic E-state index is 3.23. The predicted molar refractivity (Wildman–Crippen MR) is 78.0 cm³/mol. The maximum Gasteiger partial charge on any atom is 0.0120 e. The lowest BCUT2D eigenvalue weighted by Crippen LogP contribution is -2.46. The van der Waals surface area contributed by atoms with Crippen molar-refractivity contribution >= 4 is 0 Å². The summed E-state index contributed by atoms with van der Waals surface area (Å²) in [5, 5.41) is 3.23. The Balaban J connectivity index is 1.58. The maximum absolute atomic E-state index is 3.23. The molecule has 3 heteroatoms. The van der Waals surface area contributed by atoms with Crippen molar-refractivity contribution in [2.45, 2.75) is 51.0 Å². The van der Waals surface area contributed by atoms with E-state index in [1.54, 1.807) is 0 Å². The van der Waals surface area contributed by atoms with Crippen LogP contribution >= 0.6 is 0 Å². The van der Waals surface area contributed by atoms with Crippen LogP contribution in [0.15, 0.2) is 0 Å². The largest absolute Gasteiger partial charge is 0.320 e. The van der Waals surface area contributed by atoms with Crippen molar-refractivity contribution in [2.24, 2.45) is 0 Å². The molecule has 2 fully saturated rings. The average molecular weight is 253 g/mol. The fourth-order valence-corrected chi connectivity index (χ4v) is 3.43. The summed E-state index contributed by atoms with van der Waals surface area (Å²) in [4.78, 5) is 5.44. The van der Waals surface area contributed by atoms with Gasteiger partial charge in [-0.15, -0.1) is 0 Å². The lowest BCUT2D eigenvalue weighted by atomic mass is 10.00. The molecule has 2 heterocycles. The summed E-state index contributed by atoms with van der Waals surface area (Å²) in [6, 6.07) is 0.902. The molecule has 0 aliphatic carbocycles. The molecule has 0 aromatic rings. The van der Waals surface area contributed by atoms with Crippen LogP contribution in [-0.2, 0) is 0 Å². The number of hydrogen-bond acceptors (Lipinski definition) is 3. The molecule has 1 N–H and O–H groups in total. The molecule has 106 valence electrons. The van der Waals surface area contributed by atoms with Gasteiger partial charge < -0.3 is 15.1 Å². The minimum absolute atomic E-state index is 0.902. The molecule has 0 saturated carbocycles. The molecule has 3 nitrogen and oxygen atoms in total. The quantitative estimate of drug-likeness (QED) is 0.730. The van der Waals surface area contributed by atoms with Crippen LogP contribution in [0.2, 0.25) is 0 Å². The smallest absolute Gasteiger partial charge is 0.0120 e. The monoisotopic (exact) mass is 253 g/mol. The number of nitrogens with one attached hydrogen (secondary N) is 1. The Morgan fingerprint density at radius 3 is 2.33 bits per heavy atom. The van der Waals surface area contributed by atoms with E-state index >= 15 is 0 Å². The first-order valence-corrected chi connectivity index (χ1v) is 8.01. The third-order valence-corrected chi connectivity index (χ3v) is 4.62. The lowest BCUT2D eigenvalue weighted by molar-refractivity contribution is 0.0919. The summed E-state index contributed by atoms with van der Waals surface area (Å²) in [5.41, 5.74) is 0. The highest BCUT2D eigenvalue weighted by molar-refractivity contribution is 4.81. The minimum atomic E-state index is 0.902. The summed E-state index contributed by atoms with van der Waals surface area (Å²) < 4.78 is 0. The van der Waals surface area contributed by atoms with Gasteiger partial charge in [0, 0.05) is 6.04 Å². The van der Waals surface area contributed by atoms with Crippen LogP contribution in [0, 0.1) is 0 Å². The summed E-state index contributed by atoms with van der Waals surface area (Å²) in [6.45, 7) is 7.89. The molecule has 0 aromatic carbocycles. The lowest BCUT2D eigenvalue weighted by Gasteiger charge is -2.40. The molecule has 2 aliphatic rings. The van der Waals surface area contributed by atoms with Gasteiger partial charge in [0.25, 0.3) is 0 Å². The molecule has 0 bridgehead atoms. The Hall–Kier alpha value is -0.120. The van der Waals surface area contributed by atoms with Gasteiger partial charge in [-0.3, -0.25) is 0 Å². The number of rotatable bonds is 6. The van der Waals surface area contributed by atoms with Crippen LogP contribution in [0.1, 0.15) is 44.9 Å². The second-order valence-electron chi connectivity index (χ2n) is 5.98. The molecule has 0 unspecified atom stereocenters. The second kappa shape index (κ2) is 8.13. The zero-order valence-corrected chi connectivity index (χ0v) is 12.2. The fraction of sp³-hybridized carbons (Fsp3) is 1.00. The molecule has 0 aromatic heterocycles. The molecular weight excluding hydrogens is 222 g/mol. The van der Waals surface area contributed by atoms with Crippen molar-refractivity contribution < 1.29 is 0 Å². The van der Waals surface area contributed by atoms with Crippen LogP contribution in [0.5, 0.6) is 0 Å². The minimum Gasteiger partial charge on any atom is -0.320 e. The zero-order chi connectivity index (χ0) is 12.6. The van der Waals surface area contributed by atoms with Crippen molar-refractivity contribution in [1.82, 2.24) is 15.1 Å². The van der Waals surface area contributed by atoms with E-state index in [2.05, 4.69) is 15.1 Å². The normalized spacial score (nSPS) is 24.5. The molecule has 2 aliphatic heterocycles. The fourth-order valence-electron chi connectivity index (χ4n) is 3.43. The first kappa shape index (κ1) is 14.3. The van der Waals surface area contributed by atoms with E-state index in [-0.39, 0.29) is 0 Å². The Labute approximate surface area is 113 Å². The van der Waals surface area contributed by atoms with E-state index in [1.165, 1.54) is 84.2 Å². The Kier molecular flexibility index (Phi) is 6.46. The molecule has 0 atom stereocenters.